The van der Waals surface area contributed by atoms with Crippen molar-refractivity contribution in [1.29, 1.82) is 0 Å². The molecule has 2 nitrogen and oxygen atoms in total. The summed E-state index contributed by atoms with van der Waals surface area (Å²) in [4.78, 5) is 9.00. The van der Waals surface area contributed by atoms with Gasteiger partial charge >= 0.3 is 0 Å². The van der Waals surface area contributed by atoms with E-state index in [1.807, 2.05) is 0 Å². The summed E-state index contributed by atoms with van der Waals surface area (Å²) in [7, 11) is 0. The van der Waals surface area contributed by atoms with Crippen LogP contribution < -0.4 is 0 Å². The van der Waals surface area contributed by atoms with Crippen LogP contribution in [0.1, 0.15) is 72.1 Å². The number of rotatable bonds is 7. The van der Waals surface area contributed by atoms with Crippen LogP contribution in [0.2, 0.25) is 0 Å². The third-order valence-electron chi connectivity index (χ3n) is 1.96. The van der Waals surface area contributed by atoms with E-state index >= 15 is 0 Å². The first kappa shape index (κ1) is 15.9. The second kappa shape index (κ2) is 15.0. The Balaban J connectivity index is 0. The third-order valence-corrected chi connectivity index (χ3v) is 1.96. The molecule has 0 atom stereocenters. The molecular weight excluding hydrogens is 176 g/mol. The van der Waals surface area contributed by atoms with E-state index in [4.69, 9.17) is 9.90 Å². The maximum absolute atomic E-state index is 9.00. The summed E-state index contributed by atoms with van der Waals surface area (Å²) >= 11 is 0. The fraction of sp³-hybridized carbons (Fsp3) is 0.917. The molecule has 0 heterocycles. The van der Waals surface area contributed by atoms with Crippen LogP contribution in [0.25, 0.3) is 0 Å². The van der Waals surface area contributed by atoms with Crippen molar-refractivity contribution in [3.63, 3.8) is 0 Å². The lowest BCUT2D eigenvalue weighted by Crippen LogP contribution is -1.78. The van der Waals surface area contributed by atoms with E-state index in [9.17, 15) is 0 Å². The molecule has 0 amide bonds. The zero-order valence-corrected chi connectivity index (χ0v) is 10.0. The Hall–Kier alpha value is -0.530. The molecule has 0 spiro atoms. The summed E-state index contributed by atoms with van der Waals surface area (Å²) in [6.45, 7) is 5.62. The molecular formula is C12H26O2. The quantitative estimate of drug-likeness (QED) is 0.627. The molecule has 0 aromatic carbocycles. The van der Waals surface area contributed by atoms with Crippen molar-refractivity contribution >= 4 is 5.97 Å². The predicted octanol–water partition coefficient (Wildman–Crippen LogP) is 4.24. The molecule has 0 aliphatic carbocycles. The van der Waals surface area contributed by atoms with Gasteiger partial charge in [0.2, 0.25) is 0 Å². The highest BCUT2D eigenvalue weighted by atomic mass is 16.4. The minimum atomic E-state index is -0.833. The van der Waals surface area contributed by atoms with Crippen molar-refractivity contribution in [2.45, 2.75) is 72.1 Å². The Bertz CT molecular complexity index is 98.9. The number of hydrogen-bond acceptors (Lipinski definition) is 1. The second-order valence-electron chi connectivity index (χ2n) is 3.64. The highest BCUT2D eigenvalue weighted by molar-refractivity contribution is 5.62. The van der Waals surface area contributed by atoms with Gasteiger partial charge in [-0.15, -0.1) is 0 Å². The van der Waals surface area contributed by atoms with E-state index in [0.717, 1.165) is 6.92 Å². The van der Waals surface area contributed by atoms with Gasteiger partial charge < -0.3 is 5.11 Å². The highest BCUT2D eigenvalue weighted by Crippen LogP contribution is 2.07. The third kappa shape index (κ3) is 30.0. The molecule has 14 heavy (non-hydrogen) atoms. The van der Waals surface area contributed by atoms with Crippen LogP contribution in [0.3, 0.4) is 0 Å². The number of unbranched alkanes of at least 4 members (excludes halogenated alkanes) is 7. The average Bonchev–Trinajstić information content (AvgIpc) is 2.10. The Morgan fingerprint density at radius 2 is 1.07 bits per heavy atom. The molecule has 0 aromatic rings. The molecule has 0 aromatic heterocycles. The molecule has 1 N–H and O–H groups in total. The molecule has 0 radical (unpaired) electrons. The maximum atomic E-state index is 9.00. The Labute approximate surface area is 88.7 Å². The highest BCUT2D eigenvalue weighted by Gasteiger charge is 1.87. The van der Waals surface area contributed by atoms with E-state index in [0.29, 0.717) is 0 Å². The van der Waals surface area contributed by atoms with Gasteiger partial charge in [0.1, 0.15) is 0 Å². The molecule has 2 heteroatoms. The molecule has 0 fully saturated rings. The van der Waals surface area contributed by atoms with Crippen LogP contribution in [0.5, 0.6) is 0 Å². The van der Waals surface area contributed by atoms with Crippen LogP contribution in [-0.2, 0) is 4.79 Å². The molecule has 0 bridgehead atoms. The number of aliphatic carboxylic acids is 1. The van der Waals surface area contributed by atoms with Gasteiger partial charge in [-0.05, 0) is 0 Å². The van der Waals surface area contributed by atoms with Gasteiger partial charge in [-0.25, -0.2) is 0 Å². The number of hydrogen-bond donors (Lipinski definition) is 1. The molecule has 0 unspecified atom stereocenters. The van der Waals surface area contributed by atoms with Gasteiger partial charge in [0.15, 0.2) is 0 Å². The van der Waals surface area contributed by atoms with Crippen molar-refractivity contribution in [3.05, 3.63) is 0 Å². The van der Waals surface area contributed by atoms with Crippen LogP contribution in [0, 0.1) is 0 Å². The van der Waals surface area contributed by atoms with Gasteiger partial charge in [0.25, 0.3) is 5.97 Å². The van der Waals surface area contributed by atoms with Gasteiger partial charge in [0, 0.05) is 6.92 Å². The van der Waals surface area contributed by atoms with E-state index in [-0.39, 0.29) is 0 Å². The average molecular weight is 202 g/mol. The zero-order valence-electron chi connectivity index (χ0n) is 10.0. The van der Waals surface area contributed by atoms with Gasteiger partial charge in [-0.1, -0.05) is 65.2 Å². The summed E-state index contributed by atoms with van der Waals surface area (Å²) in [5.74, 6) is -0.833. The van der Waals surface area contributed by atoms with Crippen molar-refractivity contribution in [1.82, 2.24) is 0 Å². The minimum absolute atomic E-state index is 0.833. The SMILES string of the molecule is CC(=O)O.CCCCCCCCCC. The van der Waals surface area contributed by atoms with Gasteiger partial charge in [-0.3, -0.25) is 4.79 Å². The van der Waals surface area contributed by atoms with Crippen LogP contribution >= 0.6 is 0 Å². The maximum Gasteiger partial charge on any atom is 0.300 e. The first-order chi connectivity index (χ1) is 6.65. The van der Waals surface area contributed by atoms with Crippen molar-refractivity contribution in [2.24, 2.45) is 0 Å². The van der Waals surface area contributed by atoms with E-state index < -0.39 is 5.97 Å². The summed E-state index contributed by atoms with van der Waals surface area (Å²) in [5.41, 5.74) is 0. The summed E-state index contributed by atoms with van der Waals surface area (Å²) in [6.07, 6.45) is 11.5. The number of carboxylic acid groups (broad SMARTS) is 1. The molecule has 86 valence electrons. The van der Waals surface area contributed by atoms with E-state index in [2.05, 4.69) is 13.8 Å². The summed E-state index contributed by atoms with van der Waals surface area (Å²) in [5, 5.41) is 7.42. The van der Waals surface area contributed by atoms with Gasteiger partial charge in [-0.2, -0.15) is 0 Å². The number of carboxylic acids is 1. The van der Waals surface area contributed by atoms with Crippen molar-refractivity contribution in [3.8, 4) is 0 Å². The van der Waals surface area contributed by atoms with Crippen LogP contribution in [-0.4, -0.2) is 11.1 Å². The first-order valence-electron chi connectivity index (χ1n) is 5.84. The largest absolute Gasteiger partial charge is 0.481 e. The molecule has 0 aliphatic rings. The lowest BCUT2D eigenvalue weighted by atomic mass is 10.1. The first-order valence-corrected chi connectivity index (χ1v) is 5.84. The fourth-order valence-corrected chi connectivity index (χ4v) is 1.21. The van der Waals surface area contributed by atoms with E-state index in [1.165, 1.54) is 51.4 Å². The lowest BCUT2D eigenvalue weighted by molar-refractivity contribution is -0.134. The van der Waals surface area contributed by atoms with E-state index in [1.54, 1.807) is 0 Å². The zero-order chi connectivity index (χ0) is 11.2. The van der Waals surface area contributed by atoms with Crippen LogP contribution in [0.4, 0.5) is 0 Å². The number of carbonyl (C=O) groups is 1. The Morgan fingerprint density at radius 1 is 0.857 bits per heavy atom. The predicted molar refractivity (Wildman–Crippen MR) is 61.6 cm³/mol. The topological polar surface area (TPSA) is 37.3 Å². The monoisotopic (exact) mass is 202 g/mol. The van der Waals surface area contributed by atoms with Gasteiger partial charge in [0.05, 0.1) is 0 Å². The molecule has 0 rings (SSSR count). The van der Waals surface area contributed by atoms with Crippen molar-refractivity contribution < 1.29 is 9.90 Å². The Morgan fingerprint density at radius 3 is 1.29 bits per heavy atom. The van der Waals surface area contributed by atoms with Crippen molar-refractivity contribution in [2.75, 3.05) is 0 Å². The lowest BCUT2D eigenvalue weighted by Gasteiger charge is -1.97. The Kier molecular flexibility index (Phi) is 17.0. The summed E-state index contributed by atoms with van der Waals surface area (Å²) < 4.78 is 0. The standard InChI is InChI=1S/C10H22.C2H4O2/c1-3-5-7-9-10-8-6-4-2;1-2(3)4/h3-10H2,1-2H3;1H3,(H,3,4). The minimum Gasteiger partial charge on any atom is -0.481 e. The fourth-order valence-electron chi connectivity index (χ4n) is 1.21. The summed E-state index contributed by atoms with van der Waals surface area (Å²) in [6, 6.07) is 0. The van der Waals surface area contributed by atoms with Crippen LogP contribution in [0.15, 0.2) is 0 Å². The molecule has 0 aliphatic heterocycles. The normalized spacial score (nSPS) is 9.07. The smallest absolute Gasteiger partial charge is 0.300 e. The second-order valence-corrected chi connectivity index (χ2v) is 3.64. The molecule has 0 saturated carbocycles. The molecule has 0 saturated heterocycles.